The van der Waals surface area contributed by atoms with Crippen LogP contribution in [0, 0.1) is 23.7 Å². The van der Waals surface area contributed by atoms with Crippen molar-refractivity contribution in [3.05, 3.63) is 28.8 Å². The molecule has 7 heteroatoms. The van der Waals surface area contributed by atoms with Gasteiger partial charge in [0.25, 0.3) is 0 Å². The predicted octanol–water partition coefficient (Wildman–Crippen LogP) is 3.89. The van der Waals surface area contributed by atoms with Gasteiger partial charge in [-0.1, -0.05) is 11.6 Å². The zero-order chi connectivity index (χ0) is 16.5. The van der Waals surface area contributed by atoms with E-state index in [4.69, 9.17) is 11.6 Å². The number of halogens is 4. The Kier molecular flexibility index (Phi) is 3.08. The molecule has 2 amide bonds. The normalized spacial score (nSPS) is 32.8. The fourth-order valence-corrected chi connectivity index (χ4v) is 4.71. The van der Waals surface area contributed by atoms with Crippen LogP contribution in [0.15, 0.2) is 18.2 Å². The molecule has 0 spiro atoms. The molecule has 2 bridgehead atoms. The van der Waals surface area contributed by atoms with Crippen molar-refractivity contribution in [3.63, 3.8) is 0 Å². The summed E-state index contributed by atoms with van der Waals surface area (Å²) >= 11 is 5.99. The van der Waals surface area contributed by atoms with E-state index in [0.29, 0.717) is 0 Å². The highest BCUT2D eigenvalue weighted by Gasteiger charge is 2.61. The molecular weight excluding hydrogens is 331 g/mol. The summed E-state index contributed by atoms with van der Waals surface area (Å²) in [5.74, 6) is -1.20. The maximum absolute atomic E-state index is 12.9. The highest BCUT2D eigenvalue weighted by atomic mass is 35.5. The molecule has 23 heavy (non-hydrogen) atoms. The van der Waals surface area contributed by atoms with Gasteiger partial charge in [0.2, 0.25) is 11.8 Å². The Bertz CT molecular complexity index is 690. The summed E-state index contributed by atoms with van der Waals surface area (Å²) in [5.41, 5.74) is -1.07. The average molecular weight is 344 g/mol. The number of alkyl halides is 3. The van der Waals surface area contributed by atoms with Gasteiger partial charge in [-0.05, 0) is 49.3 Å². The summed E-state index contributed by atoms with van der Waals surface area (Å²) < 4.78 is 38.7. The van der Waals surface area contributed by atoms with E-state index in [9.17, 15) is 22.8 Å². The molecule has 2 saturated carbocycles. The number of carbonyl (C=O) groups is 2. The Balaban J connectivity index is 1.77. The molecule has 2 aliphatic carbocycles. The van der Waals surface area contributed by atoms with Gasteiger partial charge in [-0.2, -0.15) is 13.2 Å². The van der Waals surface area contributed by atoms with E-state index in [1.807, 2.05) is 0 Å². The molecule has 1 saturated heterocycles. The molecule has 4 unspecified atom stereocenters. The first-order chi connectivity index (χ1) is 10.8. The monoisotopic (exact) mass is 343 g/mol. The maximum atomic E-state index is 12.9. The number of anilines is 1. The lowest BCUT2D eigenvalue weighted by atomic mass is 9.81. The second kappa shape index (κ2) is 4.72. The molecule has 4 rings (SSSR count). The van der Waals surface area contributed by atoms with E-state index in [2.05, 4.69) is 0 Å². The first-order valence-corrected chi connectivity index (χ1v) is 7.91. The predicted molar refractivity (Wildman–Crippen MR) is 76.8 cm³/mol. The molecule has 3 nitrogen and oxygen atoms in total. The van der Waals surface area contributed by atoms with Crippen molar-refractivity contribution in [2.24, 2.45) is 23.7 Å². The highest BCUT2D eigenvalue weighted by Crippen LogP contribution is 2.57. The maximum Gasteiger partial charge on any atom is 0.416 e. The fourth-order valence-electron chi connectivity index (χ4n) is 4.51. The van der Waals surface area contributed by atoms with Crippen LogP contribution in [-0.4, -0.2) is 11.8 Å². The number of hydrogen-bond donors (Lipinski definition) is 0. The second-order valence-electron chi connectivity index (χ2n) is 6.56. The summed E-state index contributed by atoms with van der Waals surface area (Å²) in [5, 5.41) is -0.0213. The molecular formula is C16H13ClF3NO2. The lowest BCUT2D eigenvalue weighted by Crippen LogP contribution is -2.33. The van der Waals surface area contributed by atoms with Gasteiger partial charge in [0.15, 0.2) is 0 Å². The lowest BCUT2D eigenvalue weighted by molar-refractivity contribution is -0.137. The number of nitrogens with zero attached hydrogens (tertiary/aromatic N) is 1. The first-order valence-electron chi connectivity index (χ1n) is 7.53. The van der Waals surface area contributed by atoms with Gasteiger partial charge < -0.3 is 0 Å². The third-order valence-electron chi connectivity index (χ3n) is 5.44. The van der Waals surface area contributed by atoms with Gasteiger partial charge in [-0.15, -0.1) is 0 Å². The smallest absolute Gasteiger partial charge is 0.274 e. The van der Waals surface area contributed by atoms with Crippen molar-refractivity contribution in [2.45, 2.75) is 25.4 Å². The molecule has 1 aliphatic heterocycles. The minimum absolute atomic E-state index is 0.0213. The molecule has 0 radical (unpaired) electrons. The van der Waals surface area contributed by atoms with Gasteiger partial charge in [-0.3, -0.25) is 9.59 Å². The topological polar surface area (TPSA) is 37.4 Å². The summed E-state index contributed by atoms with van der Waals surface area (Å²) in [7, 11) is 0. The van der Waals surface area contributed by atoms with E-state index in [-0.39, 0.29) is 34.4 Å². The molecule has 3 aliphatic rings. The van der Waals surface area contributed by atoms with Gasteiger partial charge in [-0.25, -0.2) is 4.90 Å². The van der Waals surface area contributed by atoms with Crippen LogP contribution in [0.2, 0.25) is 5.02 Å². The van der Waals surface area contributed by atoms with E-state index >= 15 is 0 Å². The summed E-state index contributed by atoms with van der Waals surface area (Å²) in [6, 6.07) is 2.73. The van der Waals surface area contributed by atoms with E-state index in [1.54, 1.807) is 0 Å². The number of amides is 2. The third kappa shape index (κ3) is 2.04. The van der Waals surface area contributed by atoms with Crippen molar-refractivity contribution < 1.29 is 22.8 Å². The number of imide groups is 1. The minimum atomic E-state index is -4.56. The van der Waals surface area contributed by atoms with Crippen LogP contribution in [0.4, 0.5) is 18.9 Å². The number of carbonyl (C=O) groups excluding carboxylic acids is 2. The average Bonchev–Trinajstić information content (AvgIpc) is 3.13. The number of rotatable bonds is 1. The van der Waals surface area contributed by atoms with Crippen LogP contribution in [-0.2, 0) is 15.8 Å². The van der Waals surface area contributed by atoms with Crippen LogP contribution < -0.4 is 4.90 Å². The number of benzene rings is 1. The fraction of sp³-hybridized carbons (Fsp3) is 0.500. The Morgan fingerprint density at radius 1 is 1.04 bits per heavy atom. The van der Waals surface area contributed by atoms with E-state index in [1.165, 1.54) is 0 Å². The first kappa shape index (κ1) is 15.0. The molecule has 4 atom stereocenters. The molecule has 1 heterocycles. The Labute approximate surface area is 135 Å². The second-order valence-corrected chi connectivity index (χ2v) is 6.97. The van der Waals surface area contributed by atoms with Gasteiger partial charge in [0.05, 0.1) is 28.1 Å². The zero-order valence-corrected chi connectivity index (χ0v) is 12.7. The molecule has 3 fully saturated rings. The zero-order valence-electron chi connectivity index (χ0n) is 11.9. The summed E-state index contributed by atoms with van der Waals surface area (Å²) in [6.07, 6.45) is -1.86. The van der Waals surface area contributed by atoms with Crippen molar-refractivity contribution in [1.82, 2.24) is 0 Å². The van der Waals surface area contributed by atoms with Crippen LogP contribution >= 0.6 is 11.6 Å². The van der Waals surface area contributed by atoms with Crippen LogP contribution in [0.5, 0.6) is 0 Å². The van der Waals surface area contributed by atoms with E-state index in [0.717, 1.165) is 42.4 Å². The van der Waals surface area contributed by atoms with Crippen LogP contribution in [0.3, 0.4) is 0 Å². The van der Waals surface area contributed by atoms with E-state index < -0.39 is 23.6 Å². The van der Waals surface area contributed by atoms with Crippen molar-refractivity contribution in [2.75, 3.05) is 4.90 Å². The van der Waals surface area contributed by atoms with Gasteiger partial charge in [0, 0.05) is 0 Å². The quantitative estimate of drug-likeness (QED) is 0.725. The molecule has 0 aromatic heterocycles. The van der Waals surface area contributed by atoms with Crippen molar-refractivity contribution in [3.8, 4) is 0 Å². The standard InChI is InChI=1S/C16H13ClF3NO2/c17-10-4-3-9(16(18,19)20)6-11(10)21-14(22)12-7-1-2-8(5-7)13(12)15(21)23/h3-4,6-8,12-13H,1-2,5H2. The molecule has 1 aromatic rings. The SMILES string of the molecule is O=C1C2C3CCC(C3)C2C(=O)N1c1cc(C(F)(F)F)ccc1Cl. The Hall–Kier alpha value is -1.56. The van der Waals surface area contributed by atoms with Crippen LogP contribution in [0.1, 0.15) is 24.8 Å². The number of hydrogen-bond acceptors (Lipinski definition) is 2. The minimum Gasteiger partial charge on any atom is -0.274 e. The van der Waals surface area contributed by atoms with Crippen molar-refractivity contribution in [1.29, 1.82) is 0 Å². The van der Waals surface area contributed by atoms with Gasteiger partial charge >= 0.3 is 6.18 Å². The van der Waals surface area contributed by atoms with Crippen molar-refractivity contribution >= 4 is 29.1 Å². The van der Waals surface area contributed by atoms with Crippen LogP contribution in [0.25, 0.3) is 0 Å². The highest BCUT2D eigenvalue weighted by molar-refractivity contribution is 6.36. The Morgan fingerprint density at radius 2 is 1.61 bits per heavy atom. The lowest BCUT2D eigenvalue weighted by Gasteiger charge is -2.20. The Morgan fingerprint density at radius 3 is 2.13 bits per heavy atom. The summed E-state index contributed by atoms with van der Waals surface area (Å²) in [6.45, 7) is 0. The molecule has 122 valence electrons. The largest absolute Gasteiger partial charge is 0.416 e. The molecule has 0 N–H and O–H groups in total. The summed E-state index contributed by atoms with van der Waals surface area (Å²) in [4.78, 5) is 26.2. The number of fused-ring (bicyclic) bond motifs is 5. The molecule has 1 aromatic carbocycles. The van der Waals surface area contributed by atoms with Gasteiger partial charge in [0.1, 0.15) is 0 Å². The third-order valence-corrected chi connectivity index (χ3v) is 5.76.